The highest BCUT2D eigenvalue weighted by molar-refractivity contribution is 7.10. The van der Waals surface area contributed by atoms with E-state index in [1.165, 1.54) is 24.1 Å². The molecule has 3 atom stereocenters. The Balaban J connectivity index is 1.97. The first kappa shape index (κ1) is 12.1. The first-order valence-electron chi connectivity index (χ1n) is 6.26. The number of thiophene rings is 1. The van der Waals surface area contributed by atoms with Gasteiger partial charge in [-0.25, -0.2) is 10.4 Å². The van der Waals surface area contributed by atoms with E-state index in [2.05, 4.69) is 48.7 Å². The molecule has 0 bridgehead atoms. The van der Waals surface area contributed by atoms with Gasteiger partial charge in [-0.3, -0.25) is 0 Å². The van der Waals surface area contributed by atoms with Crippen LogP contribution in [0.2, 0.25) is 0 Å². The van der Waals surface area contributed by atoms with Crippen molar-refractivity contribution in [3.8, 4) is 0 Å². The van der Waals surface area contributed by atoms with Gasteiger partial charge < -0.3 is 0 Å². The van der Waals surface area contributed by atoms with Gasteiger partial charge in [0, 0.05) is 17.0 Å². The zero-order valence-corrected chi connectivity index (χ0v) is 11.3. The van der Waals surface area contributed by atoms with Gasteiger partial charge in [0.1, 0.15) is 0 Å². The van der Waals surface area contributed by atoms with Crippen LogP contribution in [0.25, 0.3) is 0 Å². The van der Waals surface area contributed by atoms with Crippen molar-refractivity contribution in [2.24, 2.45) is 0 Å². The Labute approximate surface area is 103 Å². The molecule has 2 rings (SSSR count). The third-order valence-corrected chi connectivity index (χ3v) is 4.56. The first-order valence-corrected chi connectivity index (χ1v) is 7.14. The first-order chi connectivity index (χ1) is 7.68. The van der Waals surface area contributed by atoms with Crippen LogP contribution in [-0.4, -0.2) is 17.1 Å². The third-order valence-electron chi connectivity index (χ3n) is 3.51. The number of hydrogen-bond donors (Lipinski definition) is 1. The van der Waals surface area contributed by atoms with Gasteiger partial charge in [0.25, 0.3) is 0 Å². The SMILES string of the molecule is CC(NN1C(C)CCCC1C)c1cccs1. The molecule has 1 aromatic rings. The van der Waals surface area contributed by atoms with Crippen molar-refractivity contribution in [1.82, 2.24) is 10.4 Å². The lowest BCUT2D eigenvalue weighted by atomic mass is 10.00. The van der Waals surface area contributed by atoms with E-state index >= 15 is 0 Å². The monoisotopic (exact) mass is 238 g/mol. The maximum Gasteiger partial charge on any atom is 0.0530 e. The van der Waals surface area contributed by atoms with Gasteiger partial charge in [0.05, 0.1) is 6.04 Å². The summed E-state index contributed by atoms with van der Waals surface area (Å²) in [6.07, 6.45) is 4.00. The lowest BCUT2D eigenvalue weighted by molar-refractivity contribution is 0.0325. The molecule has 1 N–H and O–H groups in total. The second kappa shape index (κ2) is 5.30. The van der Waals surface area contributed by atoms with Crippen LogP contribution in [0.15, 0.2) is 17.5 Å². The molecule has 2 heterocycles. The van der Waals surface area contributed by atoms with Crippen LogP contribution in [0.1, 0.15) is 51.0 Å². The van der Waals surface area contributed by atoms with Gasteiger partial charge in [-0.15, -0.1) is 11.3 Å². The largest absolute Gasteiger partial charge is 0.247 e. The minimum atomic E-state index is 0.433. The van der Waals surface area contributed by atoms with E-state index in [0.717, 1.165) is 0 Å². The van der Waals surface area contributed by atoms with Gasteiger partial charge in [0.2, 0.25) is 0 Å². The minimum Gasteiger partial charge on any atom is -0.247 e. The Morgan fingerprint density at radius 2 is 2.06 bits per heavy atom. The van der Waals surface area contributed by atoms with E-state index in [1.54, 1.807) is 0 Å². The van der Waals surface area contributed by atoms with E-state index in [-0.39, 0.29) is 0 Å². The summed E-state index contributed by atoms with van der Waals surface area (Å²) in [5.74, 6) is 0. The van der Waals surface area contributed by atoms with Crippen LogP contribution in [0.5, 0.6) is 0 Å². The molecule has 1 fully saturated rings. The molecule has 2 nitrogen and oxygen atoms in total. The fraction of sp³-hybridized carbons (Fsp3) is 0.692. The quantitative estimate of drug-likeness (QED) is 0.866. The van der Waals surface area contributed by atoms with E-state index in [1.807, 2.05) is 11.3 Å². The van der Waals surface area contributed by atoms with E-state index in [4.69, 9.17) is 0 Å². The highest BCUT2D eigenvalue weighted by Crippen LogP contribution is 2.24. The molecule has 1 aliphatic heterocycles. The Kier molecular flexibility index (Phi) is 4.00. The summed E-state index contributed by atoms with van der Waals surface area (Å²) in [6.45, 7) is 6.90. The predicted octanol–water partition coefficient (Wildman–Crippen LogP) is 3.58. The Morgan fingerprint density at radius 3 is 2.62 bits per heavy atom. The summed E-state index contributed by atoms with van der Waals surface area (Å²) in [7, 11) is 0. The summed E-state index contributed by atoms with van der Waals surface area (Å²) in [6, 6.07) is 6.09. The predicted molar refractivity (Wildman–Crippen MR) is 70.5 cm³/mol. The van der Waals surface area contributed by atoms with Crippen molar-refractivity contribution in [2.45, 2.75) is 58.2 Å². The summed E-state index contributed by atoms with van der Waals surface area (Å²) in [5.41, 5.74) is 3.66. The molecule has 16 heavy (non-hydrogen) atoms. The van der Waals surface area contributed by atoms with Crippen molar-refractivity contribution >= 4 is 11.3 Å². The van der Waals surface area contributed by atoms with Crippen molar-refractivity contribution in [3.63, 3.8) is 0 Å². The second-order valence-corrected chi connectivity index (χ2v) is 5.88. The van der Waals surface area contributed by atoms with Gasteiger partial charge in [0.15, 0.2) is 0 Å². The minimum absolute atomic E-state index is 0.433. The summed E-state index contributed by atoms with van der Waals surface area (Å²) < 4.78 is 0. The second-order valence-electron chi connectivity index (χ2n) is 4.90. The van der Waals surface area contributed by atoms with Gasteiger partial charge in [-0.2, -0.15) is 0 Å². The van der Waals surface area contributed by atoms with Crippen molar-refractivity contribution in [1.29, 1.82) is 0 Å². The maximum atomic E-state index is 3.66. The Bertz CT molecular complexity index is 300. The fourth-order valence-corrected chi connectivity index (χ4v) is 3.23. The molecule has 1 saturated heterocycles. The molecule has 1 aromatic heterocycles. The maximum absolute atomic E-state index is 3.66. The van der Waals surface area contributed by atoms with E-state index < -0.39 is 0 Å². The highest BCUT2D eigenvalue weighted by atomic mass is 32.1. The highest BCUT2D eigenvalue weighted by Gasteiger charge is 2.25. The molecule has 3 heteroatoms. The topological polar surface area (TPSA) is 15.3 Å². The molecule has 3 unspecified atom stereocenters. The smallest absolute Gasteiger partial charge is 0.0530 e. The number of rotatable bonds is 3. The fourth-order valence-electron chi connectivity index (χ4n) is 2.50. The number of nitrogens with zero attached hydrogens (tertiary/aromatic N) is 1. The van der Waals surface area contributed by atoms with Crippen LogP contribution >= 0.6 is 11.3 Å². The van der Waals surface area contributed by atoms with Gasteiger partial charge in [-0.05, 0) is 45.1 Å². The van der Waals surface area contributed by atoms with Crippen molar-refractivity contribution in [2.75, 3.05) is 0 Å². The molecule has 0 amide bonds. The van der Waals surface area contributed by atoms with Crippen LogP contribution in [0.3, 0.4) is 0 Å². The standard InChI is InChI=1S/C13H22N2S/c1-10-6-4-7-11(2)15(10)14-12(3)13-8-5-9-16-13/h5,8-12,14H,4,6-7H2,1-3H3. The third kappa shape index (κ3) is 2.65. The van der Waals surface area contributed by atoms with Crippen molar-refractivity contribution < 1.29 is 0 Å². The van der Waals surface area contributed by atoms with Crippen LogP contribution in [0.4, 0.5) is 0 Å². The molecule has 0 spiro atoms. The molecule has 0 saturated carbocycles. The normalized spacial score (nSPS) is 29.2. The van der Waals surface area contributed by atoms with E-state index in [0.29, 0.717) is 18.1 Å². The van der Waals surface area contributed by atoms with Crippen LogP contribution in [-0.2, 0) is 0 Å². The number of nitrogens with one attached hydrogen (secondary N) is 1. The zero-order valence-electron chi connectivity index (χ0n) is 10.4. The lowest BCUT2D eigenvalue weighted by Crippen LogP contribution is -2.52. The average Bonchev–Trinajstić information content (AvgIpc) is 2.76. The number of piperidine rings is 1. The van der Waals surface area contributed by atoms with Gasteiger partial charge in [-0.1, -0.05) is 12.5 Å². The molecule has 0 aromatic carbocycles. The lowest BCUT2D eigenvalue weighted by Gasteiger charge is -2.40. The molecule has 0 radical (unpaired) electrons. The van der Waals surface area contributed by atoms with Crippen molar-refractivity contribution in [3.05, 3.63) is 22.4 Å². The molecular formula is C13H22N2S. The average molecular weight is 238 g/mol. The molecule has 90 valence electrons. The van der Waals surface area contributed by atoms with Crippen LogP contribution in [0, 0.1) is 0 Å². The zero-order chi connectivity index (χ0) is 11.5. The summed E-state index contributed by atoms with van der Waals surface area (Å²) in [4.78, 5) is 1.42. The molecule has 0 aliphatic carbocycles. The molecule has 1 aliphatic rings. The molecular weight excluding hydrogens is 216 g/mol. The summed E-state index contributed by atoms with van der Waals surface area (Å²) in [5, 5.41) is 4.60. The van der Waals surface area contributed by atoms with E-state index in [9.17, 15) is 0 Å². The van der Waals surface area contributed by atoms with Crippen LogP contribution < -0.4 is 5.43 Å². The number of hydrazine groups is 1. The number of hydrogen-bond acceptors (Lipinski definition) is 3. The van der Waals surface area contributed by atoms with Gasteiger partial charge >= 0.3 is 0 Å². The summed E-state index contributed by atoms with van der Waals surface area (Å²) >= 11 is 1.83. The Morgan fingerprint density at radius 1 is 1.38 bits per heavy atom. The Hall–Kier alpha value is -0.380.